The molecule has 0 amide bonds. The summed E-state index contributed by atoms with van der Waals surface area (Å²) in [6, 6.07) is 6.59. The fraction of sp³-hybridized carbons (Fsp3) is 0.0667. The van der Waals surface area contributed by atoms with Crippen molar-refractivity contribution in [1.82, 2.24) is 14.8 Å². The predicted molar refractivity (Wildman–Crippen MR) is 93.6 cm³/mol. The Labute approximate surface area is 161 Å². The van der Waals surface area contributed by atoms with E-state index < -0.39 is 31.7 Å². The van der Waals surface area contributed by atoms with Crippen LogP contribution in [0, 0.1) is 0 Å². The summed E-state index contributed by atoms with van der Waals surface area (Å²) in [7, 11) is -4.37. The van der Waals surface area contributed by atoms with Crippen molar-refractivity contribution >= 4 is 38.9 Å². The van der Waals surface area contributed by atoms with Crippen molar-refractivity contribution in [3.63, 3.8) is 0 Å². The summed E-state index contributed by atoms with van der Waals surface area (Å²) in [5.74, 6) is 0. The highest BCUT2D eigenvalue weighted by Gasteiger charge is 2.34. The Bertz CT molecular complexity index is 1090. The van der Waals surface area contributed by atoms with Crippen molar-refractivity contribution in [3.05, 3.63) is 64.7 Å². The molecule has 0 spiro atoms. The van der Waals surface area contributed by atoms with Crippen LogP contribution in [0.5, 0.6) is 0 Å². The Balaban J connectivity index is 2.05. The largest absolute Gasteiger partial charge is 0.417 e. The molecule has 6 nitrogen and oxygen atoms in total. The third-order valence-electron chi connectivity index (χ3n) is 3.42. The number of nitrogens with zero attached hydrogens (tertiary/aromatic N) is 3. The fourth-order valence-electron chi connectivity index (χ4n) is 2.21. The lowest BCUT2D eigenvalue weighted by atomic mass is 10.2. The van der Waals surface area contributed by atoms with Crippen LogP contribution in [-0.2, 0) is 16.2 Å². The van der Waals surface area contributed by atoms with E-state index in [1.807, 2.05) is 0 Å². The zero-order valence-corrected chi connectivity index (χ0v) is 15.4. The highest BCUT2D eigenvalue weighted by molar-refractivity contribution is 7.92. The molecule has 0 aliphatic carbocycles. The normalized spacial score (nSPS) is 12.2. The molecule has 0 saturated carbocycles. The van der Waals surface area contributed by atoms with Crippen LogP contribution < -0.4 is 4.72 Å². The summed E-state index contributed by atoms with van der Waals surface area (Å²) < 4.78 is 67.8. The van der Waals surface area contributed by atoms with Crippen LogP contribution in [0.2, 0.25) is 10.0 Å². The molecule has 0 aliphatic heterocycles. The molecule has 0 unspecified atom stereocenters. The Morgan fingerprint density at radius 1 is 1.07 bits per heavy atom. The summed E-state index contributed by atoms with van der Waals surface area (Å²) >= 11 is 11.4. The molecule has 0 bridgehead atoms. The SMILES string of the molecule is O=S(=O)(Nc1cc(Cl)ccc1-n1cncn1)c1ccc(Cl)c(C(F)(F)F)c1. The minimum absolute atomic E-state index is 0.0107. The van der Waals surface area contributed by atoms with E-state index >= 15 is 0 Å². The number of benzene rings is 2. The molecule has 1 heterocycles. The van der Waals surface area contributed by atoms with Crippen molar-refractivity contribution in [1.29, 1.82) is 0 Å². The van der Waals surface area contributed by atoms with Gasteiger partial charge in [-0.2, -0.15) is 18.3 Å². The molecule has 0 atom stereocenters. The van der Waals surface area contributed by atoms with Crippen LogP contribution >= 0.6 is 23.2 Å². The van der Waals surface area contributed by atoms with Crippen molar-refractivity contribution in [2.45, 2.75) is 11.1 Å². The van der Waals surface area contributed by atoms with Gasteiger partial charge < -0.3 is 0 Å². The van der Waals surface area contributed by atoms with Gasteiger partial charge in [-0.1, -0.05) is 23.2 Å². The van der Waals surface area contributed by atoms with Crippen LogP contribution in [-0.4, -0.2) is 23.2 Å². The van der Waals surface area contributed by atoms with E-state index in [4.69, 9.17) is 23.2 Å². The minimum atomic E-state index is -4.80. The molecular weight excluding hydrogens is 428 g/mol. The van der Waals surface area contributed by atoms with Gasteiger partial charge in [0.25, 0.3) is 10.0 Å². The zero-order valence-electron chi connectivity index (χ0n) is 13.1. The van der Waals surface area contributed by atoms with Gasteiger partial charge in [0.1, 0.15) is 12.7 Å². The van der Waals surface area contributed by atoms with Crippen molar-refractivity contribution in [2.24, 2.45) is 0 Å². The lowest BCUT2D eigenvalue weighted by Crippen LogP contribution is -2.16. The number of halogens is 5. The molecule has 0 radical (unpaired) electrons. The van der Waals surface area contributed by atoms with Crippen molar-refractivity contribution in [2.75, 3.05) is 4.72 Å². The molecule has 12 heteroatoms. The van der Waals surface area contributed by atoms with Gasteiger partial charge in [-0.25, -0.2) is 18.1 Å². The van der Waals surface area contributed by atoms with Gasteiger partial charge in [-0.15, -0.1) is 0 Å². The lowest BCUT2D eigenvalue weighted by molar-refractivity contribution is -0.137. The van der Waals surface area contributed by atoms with Crippen LogP contribution in [0.4, 0.5) is 18.9 Å². The molecule has 1 N–H and O–H groups in total. The van der Waals surface area contributed by atoms with Gasteiger partial charge >= 0.3 is 6.18 Å². The Morgan fingerprint density at radius 2 is 1.81 bits per heavy atom. The Kier molecular flexibility index (Phi) is 5.06. The molecule has 27 heavy (non-hydrogen) atoms. The van der Waals surface area contributed by atoms with E-state index in [2.05, 4.69) is 14.8 Å². The molecule has 0 saturated heterocycles. The van der Waals surface area contributed by atoms with E-state index in [9.17, 15) is 21.6 Å². The van der Waals surface area contributed by atoms with E-state index in [-0.39, 0.29) is 16.4 Å². The highest BCUT2D eigenvalue weighted by Crippen LogP contribution is 2.36. The van der Waals surface area contributed by atoms with Crippen molar-refractivity contribution in [3.8, 4) is 5.69 Å². The summed E-state index contributed by atoms with van der Waals surface area (Å²) in [5.41, 5.74) is -0.961. The number of hydrogen-bond donors (Lipinski definition) is 1. The topological polar surface area (TPSA) is 76.9 Å². The molecule has 0 aliphatic rings. The smallest absolute Gasteiger partial charge is 0.277 e. The van der Waals surface area contributed by atoms with Crippen LogP contribution in [0.1, 0.15) is 5.56 Å². The van der Waals surface area contributed by atoms with Crippen LogP contribution in [0.15, 0.2) is 53.9 Å². The Hall–Kier alpha value is -2.30. The maximum atomic E-state index is 13.0. The second-order valence-electron chi connectivity index (χ2n) is 5.25. The second kappa shape index (κ2) is 7.02. The zero-order chi connectivity index (χ0) is 19.8. The molecule has 142 valence electrons. The van der Waals surface area contributed by atoms with E-state index in [1.54, 1.807) is 0 Å². The monoisotopic (exact) mass is 436 g/mol. The third kappa shape index (κ3) is 4.18. The summed E-state index contributed by atoms with van der Waals surface area (Å²) in [4.78, 5) is 3.16. The van der Waals surface area contributed by atoms with E-state index in [0.717, 1.165) is 12.1 Å². The average molecular weight is 437 g/mol. The summed E-state index contributed by atoms with van der Waals surface area (Å²) in [5, 5.41) is 3.51. The van der Waals surface area contributed by atoms with E-state index in [0.29, 0.717) is 6.07 Å². The summed E-state index contributed by atoms with van der Waals surface area (Å²) in [6.07, 6.45) is -2.24. The lowest BCUT2D eigenvalue weighted by Gasteiger charge is -2.15. The van der Waals surface area contributed by atoms with Gasteiger partial charge in [-0.3, -0.25) is 4.72 Å². The number of sulfonamides is 1. The first-order valence-corrected chi connectivity index (χ1v) is 9.36. The van der Waals surface area contributed by atoms with E-state index in [1.165, 1.54) is 35.5 Å². The quantitative estimate of drug-likeness (QED) is 0.657. The fourth-order valence-corrected chi connectivity index (χ4v) is 3.70. The van der Waals surface area contributed by atoms with Crippen molar-refractivity contribution < 1.29 is 21.6 Å². The minimum Gasteiger partial charge on any atom is -0.277 e. The molecule has 2 aromatic carbocycles. The average Bonchev–Trinajstić information content (AvgIpc) is 3.08. The number of alkyl halides is 3. The number of aromatic nitrogens is 3. The number of hydrogen-bond acceptors (Lipinski definition) is 4. The number of rotatable bonds is 4. The molecular formula is C15H9Cl2F3N4O2S. The number of nitrogens with one attached hydrogen (secondary N) is 1. The first-order valence-electron chi connectivity index (χ1n) is 7.12. The van der Waals surface area contributed by atoms with Gasteiger partial charge in [0.05, 0.1) is 26.9 Å². The first kappa shape index (κ1) is 19.5. The molecule has 0 fully saturated rings. The van der Waals surface area contributed by atoms with Gasteiger partial charge in [0.2, 0.25) is 0 Å². The van der Waals surface area contributed by atoms with Gasteiger partial charge in [0.15, 0.2) is 0 Å². The maximum absolute atomic E-state index is 13.0. The molecule has 1 aromatic heterocycles. The summed E-state index contributed by atoms with van der Waals surface area (Å²) in [6.45, 7) is 0. The first-order chi connectivity index (χ1) is 12.6. The maximum Gasteiger partial charge on any atom is 0.417 e. The van der Waals surface area contributed by atoms with Crippen LogP contribution in [0.25, 0.3) is 5.69 Å². The molecule has 3 rings (SSSR count). The van der Waals surface area contributed by atoms with Crippen LogP contribution in [0.3, 0.4) is 0 Å². The Morgan fingerprint density at radius 3 is 2.44 bits per heavy atom. The highest BCUT2D eigenvalue weighted by atomic mass is 35.5. The second-order valence-corrected chi connectivity index (χ2v) is 7.77. The van der Waals surface area contributed by atoms with Gasteiger partial charge in [0, 0.05) is 5.02 Å². The predicted octanol–water partition coefficient (Wildman–Crippen LogP) is 4.39. The third-order valence-corrected chi connectivity index (χ3v) is 5.35. The number of anilines is 1. The van der Waals surface area contributed by atoms with Gasteiger partial charge in [-0.05, 0) is 36.4 Å². The standard InChI is InChI=1S/C15H9Cl2F3N4O2S/c16-9-1-4-14(24-8-21-7-22-24)13(5-9)23-27(25,26)10-2-3-12(17)11(6-10)15(18,19)20/h1-8,23H. The molecule has 3 aromatic rings.